The molecule has 0 atom stereocenters. The lowest BCUT2D eigenvalue weighted by molar-refractivity contribution is -0.00538. The van der Waals surface area contributed by atoms with Crippen LogP contribution in [0.15, 0.2) is 58.4 Å². The molecule has 0 spiro atoms. The second-order valence-electron chi connectivity index (χ2n) is 3.22. The minimum Gasteiger partial charge on any atom is -0.361 e. The minimum absolute atomic E-state index is 0. The third kappa shape index (κ3) is 4.44. The summed E-state index contributed by atoms with van der Waals surface area (Å²) in [5.74, 6) is 0. The molecule has 0 amide bonds. The predicted molar refractivity (Wildman–Crippen MR) is 77.6 cm³/mol. The number of hydrogen-bond acceptors (Lipinski definition) is 2. The lowest BCUT2D eigenvalue weighted by Crippen LogP contribution is -1.96. The molecule has 0 radical (unpaired) electrons. The van der Waals surface area contributed by atoms with E-state index in [1.54, 1.807) is 21.6 Å². The highest BCUT2D eigenvalue weighted by molar-refractivity contribution is 8.78. The summed E-state index contributed by atoms with van der Waals surface area (Å²) in [6.45, 7) is 0. The van der Waals surface area contributed by atoms with E-state index in [9.17, 15) is 0 Å². The molecule has 0 heterocycles. The Morgan fingerprint density at radius 2 is 1.82 bits per heavy atom. The van der Waals surface area contributed by atoms with E-state index in [-0.39, 0.29) is 12.4 Å². The fraction of sp³-hybridized carbons (Fsp3) is 0.0833. The fourth-order valence-electron chi connectivity index (χ4n) is 1.23. The summed E-state index contributed by atoms with van der Waals surface area (Å²) in [6, 6.07) is 10.3. The predicted octanol–water partition coefficient (Wildman–Crippen LogP) is 4.36. The van der Waals surface area contributed by atoms with E-state index in [1.807, 2.05) is 30.4 Å². The van der Waals surface area contributed by atoms with Crippen LogP contribution in [0, 0.1) is 0 Å². The van der Waals surface area contributed by atoms with Crippen LogP contribution in [0.1, 0.15) is 6.42 Å². The summed E-state index contributed by atoms with van der Waals surface area (Å²) >= 11 is 0. The largest absolute Gasteiger partial charge is 0.361 e. The molecule has 0 unspecified atom stereocenters. The number of benzene rings is 1. The van der Waals surface area contributed by atoms with Crippen molar-refractivity contribution in [3.8, 4) is 0 Å². The van der Waals surface area contributed by atoms with E-state index in [0.717, 1.165) is 0 Å². The molecule has 2 rings (SSSR count). The molecule has 1 aliphatic rings. The van der Waals surface area contributed by atoms with Crippen LogP contribution in [-0.2, 0) is 0 Å². The van der Waals surface area contributed by atoms with Gasteiger partial charge in [-0.05, 0) is 18.2 Å². The Hall–Kier alpha value is -0.930. The minimum atomic E-state index is 0. The molecule has 0 saturated carbocycles. The van der Waals surface area contributed by atoms with Gasteiger partial charge in [-0.2, -0.15) is 4.79 Å². The summed E-state index contributed by atoms with van der Waals surface area (Å²) in [5, 5.41) is 0. The molecule has 2 nitrogen and oxygen atoms in total. The topological polar surface area (TPSA) is 36.4 Å². The highest BCUT2D eigenvalue weighted by Crippen LogP contribution is 2.38. The van der Waals surface area contributed by atoms with Gasteiger partial charge in [0.1, 0.15) is 0 Å². The van der Waals surface area contributed by atoms with Gasteiger partial charge in [0.2, 0.25) is 0 Å². The zero-order valence-corrected chi connectivity index (χ0v) is 11.4. The number of nitrogens with zero attached hydrogens (tertiary/aromatic N) is 2. The van der Waals surface area contributed by atoms with Gasteiger partial charge in [0.25, 0.3) is 5.71 Å². The van der Waals surface area contributed by atoms with Crippen molar-refractivity contribution in [3.63, 3.8) is 0 Å². The number of hydrogen-bond donors (Lipinski definition) is 0. The molecule has 0 bridgehead atoms. The highest BCUT2D eigenvalue weighted by atomic mass is 35.5. The molecule has 1 aromatic rings. The monoisotopic (exact) mass is 282 g/mol. The van der Waals surface area contributed by atoms with Crippen LogP contribution in [-0.4, -0.2) is 10.5 Å². The van der Waals surface area contributed by atoms with Gasteiger partial charge >= 0.3 is 0 Å². The Morgan fingerprint density at radius 1 is 1.06 bits per heavy atom. The lowest BCUT2D eigenvalue weighted by Gasteiger charge is -2.03. The number of rotatable bonds is 3. The van der Waals surface area contributed by atoms with Gasteiger partial charge in [-0.1, -0.05) is 45.9 Å². The van der Waals surface area contributed by atoms with Gasteiger partial charge in [-0.3, -0.25) is 0 Å². The van der Waals surface area contributed by atoms with Crippen LogP contribution < -0.4 is 0 Å². The van der Waals surface area contributed by atoms with Crippen LogP contribution in [0.3, 0.4) is 0 Å². The normalized spacial score (nSPS) is 13.6. The van der Waals surface area contributed by atoms with E-state index < -0.39 is 0 Å². The second kappa shape index (κ2) is 7.41. The Balaban J connectivity index is 0.00000144. The fourth-order valence-corrected chi connectivity index (χ4v) is 3.24. The van der Waals surface area contributed by atoms with Gasteiger partial charge in [0, 0.05) is 15.9 Å². The zero-order chi connectivity index (χ0) is 11.2. The van der Waals surface area contributed by atoms with Crippen molar-refractivity contribution in [2.24, 2.45) is 0 Å². The lowest BCUT2D eigenvalue weighted by atomic mass is 10.2. The molecular formula is C12H11ClN2S2. The molecule has 0 aromatic heterocycles. The summed E-state index contributed by atoms with van der Waals surface area (Å²) in [6.07, 6.45) is 6.58. The molecule has 5 heteroatoms. The summed E-state index contributed by atoms with van der Waals surface area (Å²) in [7, 11) is 3.45. The van der Waals surface area contributed by atoms with Gasteiger partial charge in [0.15, 0.2) is 0 Å². The van der Waals surface area contributed by atoms with Crippen molar-refractivity contribution in [2.45, 2.75) is 11.3 Å². The molecular weight excluding hydrogens is 272 g/mol. The molecule has 0 N–H and O–H groups in total. The molecule has 1 aliphatic carbocycles. The zero-order valence-electron chi connectivity index (χ0n) is 8.95. The van der Waals surface area contributed by atoms with Crippen molar-refractivity contribution in [2.75, 3.05) is 0 Å². The van der Waals surface area contributed by atoms with Crippen LogP contribution >= 0.6 is 34.0 Å². The van der Waals surface area contributed by atoms with Crippen LogP contribution in [0.2, 0.25) is 0 Å². The van der Waals surface area contributed by atoms with Crippen molar-refractivity contribution in [3.05, 3.63) is 59.0 Å². The average Bonchev–Trinajstić information content (AvgIpc) is 2.38. The van der Waals surface area contributed by atoms with Crippen LogP contribution in [0.25, 0.3) is 5.53 Å². The molecule has 1 aromatic carbocycles. The Kier molecular flexibility index (Phi) is 6.16. The quantitative estimate of drug-likeness (QED) is 0.469. The van der Waals surface area contributed by atoms with Crippen molar-refractivity contribution in [1.82, 2.24) is 0 Å². The molecule has 0 fully saturated rings. The first kappa shape index (κ1) is 14.1. The van der Waals surface area contributed by atoms with Gasteiger partial charge < -0.3 is 5.53 Å². The highest BCUT2D eigenvalue weighted by Gasteiger charge is 2.08. The first-order chi connectivity index (χ1) is 7.88. The Morgan fingerprint density at radius 3 is 2.41 bits per heavy atom. The Bertz CT molecular complexity index is 477. The number of allylic oxidation sites excluding steroid dienone is 3. The van der Waals surface area contributed by atoms with Crippen LogP contribution in [0.5, 0.6) is 0 Å². The van der Waals surface area contributed by atoms with Crippen LogP contribution in [0.4, 0.5) is 0 Å². The summed E-state index contributed by atoms with van der Waals surface area (Å²) in [4.78, 5) is 5.60. The maximum Gasteiger partial charge on any atom is 0.295 e. The van der Waals surface area contributed by atoms with Gasteiger partial charge in [0.05, 0.1) is 6.42 Å². The van der Waals surface area contributed by atoms with E-state index in [2.05, 4.69) is 23.0 Å². The smallest absolute Gasteiger partial charge is 0.295 e. The first-order valence-electron chi connectivity index (χ1n) is 4.87. The number of halogens is 1. The van der Waals surface area contributed by atoms with Crippen molar-refractivity contribution in [1.29, 1.82) is 0 Å². The maximum absolute atomic E-state index is 8.58. The molecule has 0 aliphatic heterocycles. The maximum atomic E-state index is 8.58. The van der Waals surface area contributed by atoms with Crippen molar-refractivity contribution >= 4 is 39.7 Å². The SMILES string of the molecule is Cl.[N-]=[N+]=C1C=CC(SSc2ccccc2)=CC1. The molecule has 88 valence electrons. The average molecular weight is 283 g/mol. The van der Waals surface area contributed by atoms with Gasteiger partial charge in [-0.15, -0.1) is 12.4 Å². The van der Waals surface area contributed by atoms with E-state index in [4.69, 9.17) is 5.53 Å². The summed E-state index contributed by atoms with van der Waals surface area (Å²) < 4.78 is 0. The Labute approximate surface area is 115 Å². The second-order valence-corrected chi connectivity index (χ2v) is 5.49. The molecule has 17 heavy (non-hydrogen) atoms. The van der Waals surface area contributed by atoms with Crippen molar-refractivity contribution < 1.29 is 4.79 Å². The first-order valence-corrected chi connectivity index (χ1v) is 7.02. The van der Waals surface area contributed by atoms with E-state index in [0.29, 0.717) is 12.1 Å². The summed E-state index contributed by atoms with van der Waals surface area (Å²) in [5.41, 5.74) is 9.28. The van der Waals surface area contributed by atoms with Gasteiger partial charge in [-0.25, -0.2) is 0 Å². The molecule has 0 saturated heterocycles. The third-order valence-corrected chi connectivity index (χ3v) is 4.51. The van der Waals surface area contributed by atoms with E-state index >= 15 is 0 Å². The van der Waals surface area contributed by atoms with E-state index in [1.165, 1.54) is 9.80 Å². The standard InChI is InChI=1S/C12H10N2S2.ClH/c13-14-10-6-8-12(9-7-10)16-15-11-4-2-1-3-5-11;/h1-6,8-9H,7H2;1H. The third-order valence-electron chi connectivity index (χ3n) is 2.06.